The summed E-state index contributed by atoms with van der Waals surface area (Å²) >= 11 is 0. The fraction of sp³-hybridized carbons (Fsp3) is 0.375. The normalized spacial score (nSPS) is 17.0. The Kier molecular flexibility index (Phi) is 2.62. The van der Waals surface area contributed by atoms with Crippen molar-refractivity contribution in [3.8, 4) is 5.69 Å². The Morgan fingerprint density at radius 2 is 2.00 bits per heavy atom. The molecule has 0 saturated heterocycles. The number of aromatic nitrogens is 2. The van der Waals surface area contributed by atoms with Gasteiger partial charge in [0.1, 0.15) is 5.82 Å². The Balaban J connectivity index is 1.76. The lowest BCUT2D eigenvalue weighted by Crippen LogP contribution is -2.17. The summed E-state index contributed by atoms with van der Waals surface area (Å²) < 4.78 is 1.89. The number of aryl methyl sites for hydroxylation is 1. The summed E-state index contributed by atoms with van der Waals surface area (Å²) in [7, 11) is 0. The first-order valence-corrected chi connectivity index (χ1v) is 7.30. The zero-order valence-electron chi connectivity index (χ0n) is 11.3. The highest BCUT2D eigenvalue weighted by molar-refractivity contribution is 5.94. The number of para-hydroxylation sites is 1. The summed E-state index contributed by atoms with van der Waals surface area (Å²) in [6, 6.07) is 10.0. The minimum Gasteiger partial charge on any atom is -0.310 e. The molecule has 2 aliphatic rings. The molecule has 0 aliphatic heterocycles. The first-order valence-electron chi connectivity index (χ1n) is 7.30. The third kappa shape index (κ3) is 1.92. The van der Waals surface area contributed by atoms with E-state index in [0.29, 0.717) is 0 Å². The van der Waals surface area contributed by atoms with Gasteiger partial charge in [0.25, 0.3) is 0 Å². The number of nitrogens with zero attached hydrogens (tertiary/aromatic N) is 2. The van der Waals surface area contributed by atoms with Crippen LogP contribution in [-0.4, -0.2) is 15.7 Å². The lowest BCUT2D eigenvalue weighted by Gasteiger charge is -2.10. The fourth-order valence-corrected chi connectivity index (χ4v) is 2.84. The van der Waals surface area contributed by atoms with Crippen LogP contribution in [0.1, 0.15) is 30.5 Å². The highest BCUT2D eigenvalue weighted by Crippen LogP contribution is 2.34. The number of hydrogen-bond donors (Lipinski definition) is 1. The molecule has 1 amide bonds. The Hall–Kier alpha value is -2.10. The summed E-state index contributed by atoms with van der Waals surface area (Å²) in [5, 5.41) is 7.81. The quantitative estimate of drug-likeness (QED) is 0.929. The molecule has 2 aliphatic carbocycles. The number of amides is 1. The van der Waals surface area contributed by atoms with Gasteiger partial charge in [0, 0.05) is 11.5 Å². The van der Waals surface area contributed by atoms with E-state index < -0.39 is 0 Å². The van der Waals surface area contributed by atoms with Gasteiger partial charge in [0.15, 0.2) is 0 Å². The van der Waals surface area contributed by atoms with Crippen LogP contribution in [0.3, 0.4) is 0 Å². The van der Waals surface area contributed by atoms with Gasteiger partial charge in [-0.25, -0.2) is 4.68 Å². The molecule has 1 heterocycles. The third-order valence-electron chi connectivity index (χ3n) is 4.10. The Bertz CT molecular complexity index is 656. The van der Waals surface area contributed by atoms with E-state index in [9.17, 15) is 4.79 Å². The Morgan fingerprint density at radius 1 is 1.20 bits per heavy atom. The average molecular weight is 267 g/mol. The van der Waals surface area contributed by atoms with Crippen molar-refractivity contribution < 1.29 is 4.79 Å². The summed E-state index contributed by atoms with van der Waals surface area (Å²) in [5.41, 5.74) is 3.37. The standard InChI is InChI=1S/C16H17N3O/c20-16(11-9-10-11)17-15-13-7-4-8-14(13)18-19(15)12-5-2-1-3-6-12/h1-3,5-6,11H,4,7-10H2,(H,17,20). The molecule has 0 bridgehead atoms. The smallest absolute Gasteiger partial charge is 0.228 e. The SMILES string of the molecule is O=C(Nc1c2c(nn1-c1ccccc1)CCC2)C1CC1. The van der Waals surface area contributed by atoms with Crippen LogP contribution in [-0.2, 0) is 17.6 Å². The molecule has 4 heteroatoms. The summed E-state index contributed by atoms with van der Waals surface area (Å²) in [4.78, 5) is 12.1. The van der Waals surface area contributed by atoms with Crippen LogP contribution >= 0.6 is 0 Å². The van der Waals surface area contributed by atoms with Crippen LogP contribution in [0.5, 0.6) is 0 Å². The van der Waals surface area contributed by atoms with Crippen molar-refractivity contribution in [1.29, 1.82) is 0 Å². The highest BCUT2D eigenvalue weighted by atomic mass is 16.2. The fourth-order valence-electron chi connectivity index (χ4n) is 2.84. The van der Waals surface area contributed by atoms with E-state index in [2.05, 4.69) is 5.32 Å². The second-order valence-electron chi connectivity index (χ2n) is 5.64. The topological polar surface area (TPSA) is 46.9 Å². The molecular weight excluding hydrogens is 250 g/mol. The van der Waals surface area contributed by atoms with Crippen molar-refractivity contribution in [2.75, 3.05) is 5.32 Å². The van der Waals surface area contributed by atoms with E-state index in [1.165, 1.54) is 5.56 Å². The number of carbonyl (C=O) groups is 1. The molecule has 2 aromatic rings. The first-order chi connectivity index (χ1) is 9.83. The van der Waals surface area contributed by atoms with Crippen molar-refractivity contribution in [3.05, 3.63) is 41.6 Å². The van der Waals surface area contributed by atoms with Crippen molar-refractivity contribution in [2.45, 2.75) is 32.1 Å². The molecule has 1 N–H and O–H groups in total. The van der Waals surface area contributed by atoms with E-state index in [4.69, 9.17) is 5.10 Å². The number of nitrogens with one attached hydrogen (secondary N) is 1. The summed E-state index contributed by atoms with van der Waals surface area (Å²) in [5.74, 6) is 1.25. The molecule has 1 fully saturated rings. The van der Waals surface area contributed by atoms with Gasteiger partial charge in [-0.3, -0.25) is 4.79 Å². The van der Waals surface area contributed by atoms with E-state index >= 15 is 0 Å². The molecule has 1 aromatic heterocycles. The number of hydrogen-bond acceptors (Lipinski definition) is 2. The van der Waals surface area contributed by atoms with E-state index in [-0.39, 0.29) is 11.8 Å². The predicted octanol–water partition coefficient (Wildman–Crippen LogP) is 2.71. The minimum absolute atomic E-state index is 0.150. The molecular formula is C16H17N3O. The number of carbonyl (C=O) groups excluding carboxylic acids is 1. The number of rotatable bonds is 3. The van der Waals surface area contributed by atoms with E-state index in [0.717, 1.165) is 49.3 Å². The van der Waals surface area contributed by atoms with Gasteiger partial charge in [0.2, 0.25) is 5.91 Å². The molecule has 0 radical (unpaired) electrons. The van der Waals surface area contributed by atoms with Crippen molar-refractivity contribution in [3.63, 3.8) is 0 Å². The Labute approximate surface area is 117 Å². The lowest BCUT2D eigenvalue weighted by molar-refractivity contribution is -0.117. The Morgan fingerprint density at radius 3 is 2.75 bits per heavy atom. The molecule has 1 saturated carbocycles. The van der Waals surface area contributed by atoms with Gasteiger partial charge in [-0.2, -0.15) is 5.10 Å². The van der Waals surface area contributed by atoms with Crippen LogP contribution in [0.25, 0.3) is 5.69 Å². The van der Waals surface area contributed by atoms with Crippen LogP contribution < -0.4 is 5.32 Å². The van der Waals surface area contributed by atoms with Crippen LogP contribution in [0.4, 0.5) is 5.82 Å². The monoisotopic (exact) mass is 267 g/mol. The van der Waals surface area contributed by atoms with Gasteiger partial charge in [-0.15, -0.1) is 0 Å². The van der Waals surface area contributed by atoms with Crippen LogP contribution in [0.2, 0.25) is 0 Å². The van der Waals surface area contributed by atoms with Gasteiger partial charge in [0.05, 0.1) is 11.4 Å². The zero-order valence-corrected chi connectivity index (χ0v) is 11.3. The second-order valence-corrected chi connectivity index (χ2v) is 5.64. The van der Waals surface area contributed by atoms with E-state index in [1.807, 2.05) is 35.0 Å². The summed E-state index contributed by atoms with van der Waals surface area (Å²) in [6.45, 7) is 0. The van der Waals surface area contributed by atoms with Gasteiger partial charge < -0.3 is 5.32 Å². The molecule has 0 unspecified atom stereocenters. The van der Waals surface area contributed by atoms with Crippen LogP contribution in [0, 0.1) is 5.92 Å². The molecule has 4 nitrogen and oxygen atoms in total. The van der Waals surface area contributed by atoms with Crippen LogP contribution in [0.15, 0.2) is 30.3 Å². The maximum absolute atomic E-state index is 12.1. The van der Waals surface area contributed by atoms with Crippen molar-refractivity contribution in [2.24, 2.45) is 5.92 Å². The molecule has 20 heavy (non-hydrogen) atoms. The van der Waals surface area contributed by atoms with Gasteiger partial charge in [-0.05, 0) is 44.2 Å². The highest BCUT2D eigenvalue weighted by Gasteiger charge is 2.32. The third-order valence-corrected chi connectivity index (χ3v) is 4.10. The molecule has 1 aromatic carbocycles. The molecule has 0 spiro atoms. The number of fused-ring (bicyclic) bond motifs is 1. The predicted molar refractivity (Wildman–Crippen MR) is 76.9 cm³/mol. The van der Waals surface area contributed by atoms with Crippen molar-refractivity contribution in [1.82, 2.24) is 9.78 Å². The first kappa shape index (κ1) is 11.7. The zero-order chi connectivity index (χ0) is 13.5. The summed E-state index contributed by atoms with van der Waals surface area (Å²) in [6.07, 6.45) is 5.21. The number of benzene rings is 1. The minimum atomic E-state index is 0.150. The maximum atomic E-state index is 12.1. The largest absolute Gasteiger partial charge is 0.310 e. The van der Waals surface area contributed by atoms with E-state index in [1.54, 1.807) is 0 Å². The second kappa shape index (κ2) is 4.47. The maximum Gasteiger partial charge on any atom is 0.228 e. The van der Waals surface area contributed by atoms with Crippen molar-refractivity contribution >= 4 is 11.7 Å². The molecule has 0 atom stereocenters. The van der Waals surface area contributed by atoms with Gasteiger partial charge in [-0.1, -0.05) is 18.2 Å². The molecule has 102 valence electrons. The lowest BCUT2D eigenvalue weighted by atomic mass is 10.2. The molecule has 4 rings (SSSR count). The number of anilines is 1. The average Bonchev–Trinajstić information content (AvgIpc) is 3.14. The van der Waals surface area contributed by atoms with Gasteiger partial charge >= 0.3 is 0 Å².